The summed E-state index contributed by atoms with van der Waals surface area (Å²) in [7, 11) is 0. The Kier molecular flexibility index (Phi) is 6.36. The first kappa shape index (κ1) is 18.5. The van der Waals surface area contributed by atoms with Crippen LogP contribution in [0.5, 0.6) is 0 Å². The molecule has 0 aliphatic rings. The van der Waals surface area contributed by atoms with Gasteiger partial charge in [-0.05, 0) is 23.4 Å². The van der Waals surface area contributed by atoms with Crippen LogP contribution in [0.1, 0.15) is 23.1 Å². The summed E-state index contributed by atoms with van der Waals surface area (Å²) in [6.45, 7) is 7.09. The molecule has 0 aliphatic carbocycles. The highest BCUT2D eigenvalue weighted by atomic mass is 32.1. The van der Waals surface area contributed by atoms with Gasteiger partial charge in [0.25, 0.3) is 0 Å². The summed E-state index contributed by atoms with van der Waals surface area (Å²) in [5.74, 6) is 0.0801. The van der Waals surface area contributed by atoms with Crippen LogP contribution in [0.2, 0.25) is 0 Å². The van der Waals surface area contributed by atoms with Crippen molar-refractivity contribution < 1.29 is 4.79 Å². The summed E-state index contributed by atoms with van der Waals surface area (Å²) >= 11 is 3.25. The lowest BCUT2D eigenvalue weighted by molar-refractivity contribution is -0.130. The van der Waals surface area contributed by atoms with Crippen LogP contribution in [0.25, 0.3) is 10.6 Å². The average Bonchev–Trinajstić information content (AvgIpc) is 3.33. The van der Waals surface area contributed by atoms with Crippen LogP contribution in [0.3, 0.4) is 0 Å². The maximum absolute atomic E-state index is 12.7. The molecule has 0 aliphatic heterocycles. The zero-order valence-electron chi connectivity index (χ0n) is 14.9. The zero-order valence-corrected chi connectivity index (χ0v) is 16.5. The monoisotopic (exact) mass is 382 g/mol. The van der Waals surface area contributed by atoms with E-state index in [2.05, 4.69) is 48.8 Å². The number of thiazole rings is 1. The van der Waals surface area contributed by atoms with Gasteiger partial charge in [0.05, 0.1) is 18.7 Å². The first-order chi connectivity index (χ1) is 12.7. The highest BCUT2D eigenvalue weighted by molar-refractivity contribution is 7.13. The average molecular weight is 383 g/mol. The van der Waals surface area contributed by atoms with E-state index < -0.39 is 0 Å². The molecular formula is C21H22N2OS2. The fourth-order valence-electron chi connectivity index (χ4n) is 2.67. The number of hydrogen-bond donors (Lipinski definition) is 0. The molecule has 134 valence electrons. The third kappa shape index (κ3) is 4.68. The summed E-state index contributed by atoms with van der Waals surface area (Å²) in [4.78, 5) is 20.4. The molecule has 0 saturated carbocycles. The number of carbonyl (C=O) groups is 1. The van der Waals surface area contributed by atoms with Crippen LogP contribution in [0, 0.1) is 0 Å². The Morgan fingerprint density at radius 2 is 2.04 bits per heavy atom. The number of nitrogens with zero attached hydrogens (tertiary/aromatic N) is 2. The van der Waals surface area contributed by atoms with Gasteiger partial charge in [-0.3, -0.25) is 4.79 Å². The van der Waals surface area contributed by atoms with Gasteiger partial charge in [0.2, 0.25) is 5.91 Å². The zero-order chi connectivity index (χ0) is 18.4. The maximum Gasteiger partial charge on any atom is 0.229 e. The van der Waals surface area contributed by atoms with Crippen molar-refractivity contribution in [2.75, 3.05) is 6.54 Å². The fraction of sp³-hybridized carbons (Fsp3) is 0.238. The Hall–Kier alpha value is -2.24. The van der Waals surface area contributed by atoms with Crippen LogP contribution < -0.4 is 0 Å². The minimum absolute atomic E-state index is 0.0801. The van der Waals surface area contributed by atoms with Crippen LogP contribution in [-0.4, -0.2) is 22.3 Å². The molecule has 0 saturated heterocycles. The van der Waals surface area contributed by atoms with Crippen LogP contribution in [0.15, 0.2) is 59.8 Å². The van der Waals surface area contributed by atoms with Crippen LogP contribution >= 0.6 is 22.7 Å². The summed E-state index contributed by atoms with van der Waals surface area (Å²) in [6, 6.07) is 12.5. The van der Waals surface area contributed by atoms with Gasteiger partial charge in [0, 0.05) is 22.4 Å². The standard InChI is InChI=1S/C21H22N2OS2/c1-3-11-23(14-19-6-5-12-25-19)20(24)13-18-15-26-21(22-18)17-9-7-16(4-2)8-10-17/h3,5-10,12,15H,1,4,11,13-14H2,2H3. The molecule has 0 unspecified atom stereocenters. The van der Waals surface area contributed by atoms with E-state index in [0.717, 1.165) is 22.7 Å². The minimum Gasteiger partial charge on any atom is -0.334 e. The molecule has 0 bridgehead atoms. The van der Waals surface area contributed by atoms with Crippen molar-refractivity contribution in [1.29, 1.82) is 0 Å². The second-order valence-electron chi connectivity index (χ2n) is 6.01. The molecular weight excluding hydrogens is 360 g/mol. The van der Waals surface area contributed by atoms with Crippen molar-refractivity contribution in [3.05, 3.63) is 75.9 Å². The number of hydrogen-bond acceptors (Lipinski definition) is 4. The molecule has 1 aromatic carbocycles. The molecule has 0 spiro atoms. The van der Waals surface area contributed by atoms with E-state index in [1.807, 2.05) is 21.7 Å². The van der Waals surface area contributed by atoms with E-state index in [9.17, 15) is 4.79 Å². The van der Waals surface area contributed by atoms with Gasteiger partial charge >= 0.3 is 0 Å². The van der Waals surface area contributed by atoms with E-state index in [4.69, 9.17) is 0 Å². The first-order valence-corrected chi connectivity index (χ1v) is 10.4. The quantitative estimate of drug-likeness (QED) is 0.502. The first-order valence-electron chi connectivity index (χ1n) is 8.64. The Labute approximate surface area is 162 Å². The smallest absolute Gasteiger partial charge is 0.229 e. The second kappa shape index (κ2) is 8.92. The molecule has 26 heavy (non-hydrogen) atoms. The molecule has 0 radical (unpaired) electrons. The summed E-state index contributed by atoms with van der Waals surface area (Å²) in [5.41, 5.74) is 3.25. The van der Waals surface area contributed by atoms with E-state index in [-0.39, 0.29) is 5.91 Å². The molecule has 0 atom stereocenters. The van der Waals surface area contributed by atoms with Crippen molar-refractivity contribution in [1.82, 2.24) is 9.88 Å². The Morgan fingerprint density at radius 1 is 1.23 bits per heavy atom. The topological polar surface area (TPSA) is 33.2 Å². The third-order valence-corrected chi connectivity index (χ3v) is 5.92. The van der Waals surface area contributed by atoms with Crippen molar-refractivity contribution >= 4 is 28.6 Å². The van der Waals surface area contributed by atoms with Gasteiger partial charge in [0.1, 0.15) is 5.01 Å². The van der Waals surface area contributed by atoms with Gasteiger partial charge in [-0.15, -0.1) is 29.3 Å². The summed E-state index contributed by atoms with van der Waals surface area (Å²) < 4.78 is 0. The molecule has 3 nitrogen and oxygen atoms in total. The normalized spacial score (nSPS) is 10.7. The Bertz CT molecular complexity index is 851. The molecule has 2 aromatic heterocycles. The Morgan fingerprint density at radius 3 is 2.69 bits per heavy atom. The molecule has 0 N–H and O–H groups in total. The lowest BCUT2D eigenvalue weighted by atomic mass is 10.1. The third-order valence-electron chi connectivity index (χ3n) is 4.12. The number of thiophene rings is 1. The molecule has 3 aromatic rings. The predicted octanol–water partition coefficient (Wildman–Crippen LogP) is 5.19. The van der Waals surface area contributed by atoms with Crippen molar-refractivity contribution in [3.63, 3.8) is 0 Å². The van der Waals surface area contributed by atoms with E-state index >= 15 is 0 Å². The molecule has 2 heterocycles. The van der Waals surface area contributed by atoms with Crippen LogP contribution in [0.4, 0.5) is 0 Å². The highest BCUT2D eigenvalue weighted by Crippen LogP contribution is 2.25. The highest BCUT2D eigenvalue weighted by Gasteiger charge is 2.16. The van der Waals surface area contributed by atoms with Crippen molar-refractivity contribution in [2.24, 2.45) is 0 Å². The SMILES string of the molecule is C=CCN(Cc1cccs1)C(=O)Cc1csc(-c2ccc(CC)cc2)n1. The summed E-state index contributed by atoms with van der Waals surface area (Å²) in [6.07, 6.45) is 3.12. The van der Waals surface area contributed by atoms with E-state index in [1.165, 1.54) is 10.4 Å². The number of amides is 1. The van der Waals surface area contributed by atoms with Gasteiger partial charge in [0.15, 0.2) is 0 Å². The number of aromatic nitrogens is 1. The molecule has 5 heteroatoms. The molecule has 3 rings (SSSR count). The van der Waals surface area contributed by atoms with E-state index in [0.29, 0.717) is 19.5 Å². The second-order valence-corrected chi connectivity index (χ2v) is 7.90. The van der Waals surface area contributed by atoms with Gasteiger partial charge in [-0.25, -0.2) is 4.98 Å². The number of benzene rings is 1. The molecule has 0 fully saturated rings. The largest absolute Gasteiger partial charge is 0.334 e. The van der Waals surface area contributed by atoms with Crippen molar-refractivity contribution in [2.45, 2.75) is 26.3 Å². The van der Waals surface area contributed by atoms with Crippen LogP contribution in [-0.2, 0) is 24.2 Å². The lowest BCUT2D eigenvalue weighted by Gasteiger charge is -2.20. The van der Waals surface area contributed by atoms with Crippen molar-refractivity contribution in [3.8, 4) is 10.6 Å². The number of aryl methyl sites for hydroxylation is 1. The van der Waals surface area contributed by atoms with E-state index in [1.54, 1.807) is 28.7 Å². The Balaban J connectivity index is 1.68. The van der Waals surface area contributed by atoms with Gasteiger partial charge in [-0.1, -0.05) is 43.3 Å². The fourth-order valence-corrected chi connectivity index (χ4v) is 4.22. The number of carbonyl (C=O) groups excluding carboxylic acids is 1. The predicted molar refractivity (Wildman–Crippen MR) is 111 cm³/mol. The molecule has 1 amide bonds. The van der Waals surface area contributed by atoms with Gasteiger partial charge < -0.3 is 4.90 Å². The lowest BCUT2D eigenvalue weighted by Crippen LogP contribution is -2.31. The van der Waals surface area contributed by atoms with Gasteiger partial charge in [-0.2, -0.15) is 0 Å². The minimum atomic E-state index is 0.0801. The maximum atomic E-state index is 12.7. The summed E-state index contributed by atoms with van der Waals surface area (Å²) in [5, 5.41) is 4.98. The number of rotatable bonds is 8.